The van der Waals surface area contributed by atoms with Gasteiger partial charge in [-0.1, -0.05) is 11.8 Å². The smallest absolute Gasteiger partial charge is 0.189 e. The fourth-order valence-corrected chi connectivity index (χ4v) is 1.61. The number of rotatable bonds is 6. The van der Waals surface area contributed by atoms with Crippen molar-refractivity contribution in [3.05, 3.63) is 23.8 Å². The molecule has 1 aliphatic carbocycles. The second-order valence-electron chi connectivity index (χ2n) is 4.44. The first-order chi connectivity index (χ1) is 9.33. The molecule has 1 aliphatic rings. The van der Waals surface area contributed by atoms with Crippen LogP contribution in [0.2, 0.25) is 0 Å². The summed E-state index contributed by atoms with van der Waals surface area (Å²) in [6, 6.07) is 5.50. The lowest BCUT2D eigenvalue weighted by Crippen LogP contribution is -2.06. The van der Waals surface area contributed by atoms with E-state index in [9.17, 15) is 0 Å². The van der Waals surface area contributed by atoms with Crippen LogP contribution in [0.3, 0.4) is 0 Å². The molecule has 0 radical (unpaired) electrons. The maximum atomic E-state index is 5.59. The average Bonchev–Trinajstić information content (AvgIpc) is 3.26. The van der Waals surface area contributed by atoms with Crippen molar-refractivity contribution < 1.29 is 14.2 Å². The minimum atomic E-state index is 0.250. The largest absolute Gasteiger partial charge is 0.497 e. The molecule has 2 rings (SSSR count). The van der Waals surface area contributed by atoms with E-state index in [2.05, 4.69) is 11.8 Å². The van der Waals surface area contributed by atoms with Crippen LogP contribution in [0.25, 0.3) is 0 Å². The van der Waals surface area contributed by atoms with E-state index >= 15 is 0 Å². The highest BCUT2D eigenvalue weighted by atomic mass is 16.7. The second kappa shape index (κ2) is 7.03. The van der Waals surface area contributed by atoms with E-state index in [1.54, 1.807) is 7.11 Å². The molecule has 0 saturated heterocycles. The number of hydrogen-bond donors (Lipinski definition) is 1. The van der Waals surface area contributed by atoms with Gasteiger partial charge in [-0.05, 0) is 37.0 Å². The summed E-state index contributed by atoms with van der Waals surface area (Å²) in [5.74, 6) is 7.96. The molecule has 102 valence electrons. The zero-order chi connectivity index (χ0) is 13.5. The van der Waals surface area contributed by atoms with Crippen LogP contribution in [-0.2, 0) is 4.74 Å². The Kier molecular flexibility index (Phi) is 5.08. The highest BCUT2D eigenvalue weighted by molar-refractivity contribution is 5.50. The third-order valence-corrected chi connectivity index (χ3v) is 2.86. The quantitative estimate of drug-likeness (QED) is 0.482. The van der Waals surface area contributed by atoms with Crippen molar-refractivity contribution in [3.63, 3.8) is 0 Å². The summed E-state index contributed by atoms with van der Waals surface area (Å²) >= 11 is 0. The predicted molar refractivity (Wildman–Crippen MR) is 73.1 cm³/mol. The molecule has 0 aromatic heterocycles. The molecule has 1 aromatic rings. The van der Waals surface area contributed by atoms with Crippen LogP contribution >= 0.6 is 0 Å². The Morgan fingerprint density at radius 1 is 1.37 bits per heavy atom. The molecule has 4 heteroatoms. The number of nitrogens with two attached hydrogens (primary N) is 1. The zero-order valence-corrected chi connectivity index (χ0v) is 11.1. The summed E-state index contributed by atoms with van der Waals surface area (Å²) in [5, 5.41) is 0. The first-order valence-electron chi connectivity index (χ1n) is 6.41. The molecule has 0 bridgehead atoms. The molecule has 0 heterocycles. The van der Waals surface area contributed by atoms with Gasteiger partial charge in [0, 0.05) is 0 Å². The van der Waals surface area contributed by atoms with Crippen molar-refractivity contribution >= 4 is 0 Å². The van der Waals surface area contributed by atoms with Crippen molar-refractivity contribution in [2.75, 3.05) is 27.1 Å². The van der Waals surface area contributed by atoms with Gasteiger partial charge in [-0.15, -0.1) is 0 Å². The lowest BCUT2D eigenvalue weighted by Gasteiger charge is -2.10. The number of hydrogen-bond acceptors (Lipinski definition) is 4. The first kappa shape index (κ1) is 13.7. The van der Waals surface area contributed by atoms with Gasteiger partial charge < -0.3 is 19.9 Å². The Bertz CT molecular complexity index is 472. The molecule has 4 nitrogen and oxygen atoms in total. The van der Waals surface area contributed by atoms with E-state index in [1.165, 1.54) is 12.8 Å². The SMILES string of the molecule is COc1ccc(OCOCC2CC2)c(C#CCN)c1. The van der Waals surface area contributed by atoms with Gasteiger partial charge in [0.25, 0.3) is 0 Å². The predicted octanol–water partition coefficient (Wildman–Crippen LogP) is 1.77. The summed E-state index contributed by atoms with van der Waals surface area (Å²) in [5.41, 5.74) is 6.15. The van der Waals surface area contributed by atoms with Crippen molar-refractivity contribution in [2.24, 2.45) is 11.7 Å². The van der Waals surface area contributed by atoms with Gasteiger partial charge in [0.15, 0.2) is 6.79 Å². The van der Waals surface area contributed by atoms with E-state index in [4.69, 9.17) is 19.9 Å². The molecule has 0 unspecified atom stereocenters. The Labute approximate surface area is 113 Å². The average molecular weight is 261 g/mol. The van der Waals surface area contributed by atoms with E-state index in [0.29, 0.717) is 12.3 Å². The Balaban J connectivity index is 1.95. The molecular formula is C15H19NO3. The summed E-state index contributed by atoms with van der Waals surface area (Å²) < 4.78 is 16.2. The second-order valence-corrected chi connectivity index (χ2v) is 4.44. The summed E-state index contributed by atoms with van der Waals surface area (Å²) in [4.78, 5) is 0. The number of benzene rings is 1. The molecule has 0 aliphatic heterocycles. The van der Waals surface area contributed by atoms with Gasteiger partial charge >= 0.3 is 0 Å². The van der Waals surface area contributed by atoms with Crippen LogP contribution in [0, 0.1) is 17.8 Å². The zero-order valence-electron chi connectivity index (χ0n) is 11.1. The van der Waals surface area contributed by atoms with Gasteiger partial charge in [-0.2, -0.15) is 0 Å². The lowest BCUT2D eigenvalue weighted by atomic mass is 10.2. The standard InChI is InChI=1S/C15H19NO3/c1-17-14-6-7-15(13(9-14)3-2-8-16)19-11-18-10-12-4-5-12/h6-7,9,12H,4-5,8,10-11,16H2,1H3. The van der Waals surface area contributed by atoms with Crippen LogP contribution in [0.5, 0.6) is 11.5 Å². The maximum Gasteiger partial charge on any atom is 0.189 e. The Morgan fingerprint density at radius 3 is 2.89 bits per heavy atom. The Hall–Kier alpha value is -1.70. The van der Waals surface area contributed by atoms with Crippen molar-refractivity contribution in [1.82, 2.24) is 0 Å². The number of methoxy groups -OCH3 is 1. The molecule has 19 heavy (non-hydrogen) atoms. The molecule has 0 spiro atoms. The summed E-state index contributed by atoms with van der Waals surface area (Å²) in [6.07, 6.45) is 2.55. The maximum absolute atomic E-state index is 5.59. The fourth-order valence-electron chi connectivity index (χ4n) is 1.61. The van der Waals surface area contributed by atoms with Gasteiger partial charge in [-0.25, -0.2) is 0 Å². The van der Waals surface area contributed by atoms with Crippen molar-refractivity contribution in [1.29, 1.82) is 0 Å². The molecule has 1 aromatic carbocycles. The summed E-state index contributed by atoms with van der Waals surface area (Å²) in [6.45, 7) is 1.34. The monoisotopic (exact) mass is 261 g/mol. The molecule has 1 saturated carbocycles. The van der Waals surface area contributed by atoms with E-state index < -0.39 is 0 Å². The fraction of sp³-hybridized carbons (Fsp3) is 0.467. The lowest BCUT2D eigenvalue weighted by molar-refractivity contribution is 0.00980. The van der Waals surface area contributed by atoms with E-state index in [-0.39, 0.29) is 6.79 Å². The van der Waals surface area contributed by atoms with Crippen LogP contribution in [0.1, 0.15) is 18.4 Å². The van der Waals surface area contributed by atoms with Gasteiger partial charge in [0.1, 0.15) is 11.5 Å². The third-order valence-electron chi connectivity index (χ3n) is 2.86. The highest BCUT2D eigenvalue weighted by Crippen LogP contribution is 2.29. The topological polar surface area (TPSA) is 53.7 Å². The van der Waals surface area contributed by atoms with E-state index in [1.807, 2.05) is 18.2 Å². The molecule has 2 N–H and O–H groups in total. The molecular weight excluding hydrogens is 242 g/mol. The van der Waals surface area contributed by atoms with Gasteiger partial charge in [0.2, 0.25) is 0 Å². The van der Waals surface area contributed by atoms with E-state index in [0.717, 1.165) is 23.8 Å². The van der Waals surface area contributed by atoms with Crippen LogP contribution < -0.4 is 15.2 Å². The highest BCUT2D eigenvalue weighted by Gasteiger charge is 2.21. The Morgan fingerprint density at radius 2 is 2.21 bits per heavy atom. The van der Waals surface area contributed by atoms with Gasteiger partial charge in [0.05, 0.1) is 25.8 Å². The molecule has 0 amide bonds. The molecule has 1 fully saturated rings. The van der Waals surface area contributed by atoms with Crippen LogP contribution in [0.15, 0.2) is 18.2 Å². The van der Waals surface area contributed by atoms with Gasteiger partial charge in [-0.3, -0.25) is 0 Å². The van der Waals surface area contributed by atoms with Crippen LogP contribution in [-0.4, -0.2) is 27.1 Å². The minimum absolute atomic E-state index is 0.250. The summed E-state index contributed by atoms with van der Waals surface area (Å²) in [7, 11) is 1.62. The number of ether oxygens (including phenoxy) is 3. The minimum Gasteiger partial charge on any atom is -0.497 e. The van der Waals surface area contributed by atoms with Crippen LogP contribution in [0.4, 0.5) is 0 Å². The molecule has 0 atom stereocenters. The third kappa shape index (κ3) is 4.47. The van der Waals surface area contributed by atoms with Crippen molar-refractivity contribution in [3.8, 4) is 23.3 Å². The first-order valence-corrected chi connectivity index (χ1v) is 6.41. The van der Waals surface area contributed by atoms with Crippen molar-refractivity contribution in [2.45, 2.75) is 12.8 Å². The normalized spacial score (nSPS) is 13.6.